The molecular weight excluding hydrogens is 433 g/mol. The number of sulfonamides is 1. The number of hydrogen-bond acceptors (Lipinski definition) is 3. The quantitative estimate of drug-likeness (QED) is 0.559. The maximum Gasteiger partial charge on any atom is 0.335 e. The maximum absolute atomic E-state index is 12.6. The average Bonchev–Trinajstić information content (AvgIpc) is 2.68. The van der Waals surface area contributed by atoms with Crippen molar-refractivity contribution in [1.82, 2.24) is 0 Å². The largest absolute Gasteiger partial charge is 0.478 e. The van der Waals surface area contributed by atoms with Gasteiger partial charge in [0.15, 0.2) is 0 Å². The van der Waals surface area contributed by atoms with Crippen LogP contribution in [-0.2, 0) is 10.0 Å². The molecule has 0 saturated heterocycles. The van der Waals surface area contributed by atoms with Gasteiger partial charge in [-0.15, -0.1) is 0 Å². The molecule has 0 aliphatic heterocycles. The lowest BCUT2D eigenvalue weighted by atomic mass is 10.1. The number of halogens is 2. The molecule has 2 N–H and O–H groups in total. The Labute approximate surface area is 178 Å². The van der Waals surface area contributed by atoms with Crippen LogP contribution in [0.2, 0.25) is 10.0 Å². The molecule has 8 heteroatoms. The molecule has 29 heavy (non-hydrogen) atoms. The monoisotopic (exact) mass is 445 g/mol. The fourth-order valence-corrected chi connectivity index (χ4v) is 3.74. The van der Waals surface area contributed by atoms with Crippen molar-refractivity contribution in [3.05, 3.63) is 93.5 Å². The Balaban J connectivity index is 1.93. The van der Waals surface area contributed by atoms with Gasteiger partial charge in [0.25, 0.3) is 10.0 Å². The Morgan fingerprint density at radius 2 is 1.48 bits per heavy atom. The molecule has 5 nitrogen and oxygen atoms in total. The summed E-state index contributed by atoms with van der Waals surface area (Å²) in [6, 6.07) is 16.4. The van der Waals surface area contributed by atoms with E-state index in [4.69, 9.17) is 28.3 Å². The van der Waals surface area contributed by atoms with Crippen LogP contribution in [0.1, 0.15) is 21.5 Å². The number of aromatic carboxylic acids is 1. The fourth-order valence-electron chi connectivity index (χ4n) is 2.36. The fraction of sp³-hybridized carbons (Fsp3) is 0. The highest BCUT2D eigenvalue weighted by molar-refractivity contribution is 7.92. The molecule has 146 valence electrons. The molecule has 3 aromatic carbocycles. The van der Waals surface area contributed by atoms with Gasteiger partial charge in [0.05, 0.1) is 21.7 Å². The summed E-state index contributed by atoms with van der Waals surface area (Å²) in [5, 5.41) is 9.76. The van der Waals surface area contributed by atoms with Gasteiger partial charge in [0.2, 0.25) is 0 Å². The number of rotatable bonds is 4. The van der Waals surface area contributed by atoms with Crippen LogP contribution in [0.3, 0.4) is 0 Å². The van der Waals surface area contributed by atoms with Crippen LogP contribution in [0.25, 0.3) is 0 Å². The predicted molar refractivity (Wildman–Crippen MR) is 113 cm³/mol. The van der Waals surface area contributed by atoms with Crippen molar-refractivity contribution in [2.24, 2.45) is 0 Å². The lowest BCUT2D eigenvalue weighted by Crippen LogP contribution is -2.13. The van der Waals surface area contributed by atoms with E-state index < -0.39 is 16.0 Å². The molecule has 0 bridgehead atoms. The lowest BCUT2D eigenvalue weighted by Gasteiger charge is -2.10. The number of nitrogens with one attached hydrogen (secondary N) is 1. The lowest BCUT2D eigenvalue weighted by molar-refractivity contribution is 0.0697. The van der Waals surface area contributed by atoms with Crippen molar-refractivity contribution in [3.63, 3.8) is 0 Å². The smallest absolute Gasteiger partial charge is 0.335 e. The summed E-state index contributed by atoms with van der Waals surface area (Å²) in [5.74, 6) is 4.72. The normalized spacial score (nSPS) is 10.7. The van der Waals surface area contributed by atoms with Gasteiger partial charge in [0.1, 0.15) is 0 Å². The minimum atomic E-state index is -3.85. The van der Waals surface area contributed by atoms with E-state index in [0.717, 1.165) is 0 Å². The van der Waals surface area contributed by atoms with Gasteiger partial charge < -0.3 is 5.11 Å². The topological polar surface area (TPSA) is 83.5 Å². The first-order valence-electron chi connectivity index (χ1n) is 8.18. The van der Waals surface area contributed by atoms with Crippen LogP contribution in [0.15, 0.2) is 71.6 Å². The zero-order valence-electron chi connectivity index (χ0n) is 14.7. The summed E-state index contributed by atoms with van der Waals surface area (Å²) < 4.78 is 27.8. The predicted octanol–water partition coefficient (Wildman–Crippen LogP) is 4.89. The first-order valence-corrected chi connectivity index (χ1v) is 10.4. The van der Waals surface area contributed by atoms with E-state index in [-0.39, 0.29) is 16.1 Å². The van der Waals surface area contributed by atoms with Crippen LogP contribution in [0.4, 0.5) is 5.69 Å². The van der Waals surface area contributed by atoms with Gasteiger partial charge in [-0.25, -0.2) is 13.2 Å². The third kappa shape index (κ3) is 5.30. The van der Waals surface area contributed by atoms with E-state index in [1.54, 1.807) is 24.3 Å². The summed E-state index contributed by atoms with van der Waals surface area (Å²) >= 11 is 11.8. The maximum atomic E-state index is 12.6. The Morgan fingerprint density at radius 1 is 0.862 bits per heavy atom. The molecule has 0 radical (unpaired) electrons. The zero-order chi connectivity index (χ0) is 21.0. The van der Waals surface area contributed by atoms with Crippen molar-refractivity contribution in [3.8, 4) is 11.8 Å². The standard InChI is InChI=1S/C21H13Cl2NO4S/c22-17-7-10-19(11-8-17)29(27,28)24-20-12-9-18(23)13-16(20)6-3-14-1-4-15(5-2-14)21(25)26/h1-2,4-5,7-13,24H,(H,25,26). The average molecular weight is 446 g/mol. The zero-order valence-corrected chi connectivity index (χ0v) is 17.0. The van der Waals surface area contributed by atoms with E-state index in [2.05, 4.69) is 16.6 Å². The van der Waals surface area contributed by atoms with Gasteiger partial charge in [-0.3, -0.25) is 4.72 Å². The summed E-state index contributed by atoms with van der Waals surface area (Å²) in [5.41, 5.74) is 1.35. The molecule has 0 amide bonds. The third-order valence-corrected chi connectivity index (χ3v) is 5.69. The van der Waals surface area contributed by atoms with Crippen molar-refractivity contribution in [1.29, 1.82) is 0 Å². The van der Waals surface area contributed by atoms with E-state index in [1.807, 2.05) is 0 Å². The third-order valence-electron chi connectivity index (χ3n) is 3.82. The Morgan fingerprint density at radius 3 is 2.10 bits per heavy atom. The highest BCUT2D eigenvalue weighted by atomic mass is 35.5. The molecule has 0 atom stereocenters. The number of hydrogen-bond donors (Lipinski definition) is 2. The molecule has 0 aliphatic carbocycles. The highest BCUT2D eigenvalue weighted by Crippen LogP contribution is 2.24. The second-order valence-electron chi connectivity index (χ2n) is 5.88. The van der Waals surface area contributed by atoms with Crippen LogP contribution in [0, 0.1) is 11.8 Å². The summed E-state index contributed by atoms with van der Waals surface area (Å²) in [7, 11) is -3.85. The van der Waals surface area contributed by atoms with Crippen molar-refractivity contribution >= 4 is 44.9 Å². The summed E-state index contributed by atoms with van der Waals surface area (Å²) in [4.78, 5) is 11.0. The SMILES string of the molecule is O=C(O)c1ccc(C#Cc2cc(Cl)ccc2NS(=O)(=O)c2ccc(Cl)cc2)cc1. The van der Waals surface area contributed by atoms with Gasteiger partial charge in [-0.1, -0.05) is 35.0 Å². The van der Waals surface area contributed by atoms with Gasteiger partial charge in [-0.05, 0) is 66.7 Å². The molecule has 0 aromatic heterocycles. The summed E-state index contributed by atoms with van der Waals surface area (Å²) in [6.45, 7) is 0. The van der Waals surface area contributed by atoms with Crippen LogP contribution in [0.5, 0.6) is 0 Å². The Kier molecular flexibility index (Phi) is 6.14. The Bertz CT molecular complexity index is 1230. The molecule has 0 saturated carbocycles. The van der Waals surface area contributed by atoms with Crippen molar-refractivity contribution in [2.45, 2.75) is 4.90 Å². The van der Waals surface area contributed by atoms with E-state index in [0.29, 0.717) is 21.2 Å². The minimum absolute atomic E-state index is 0.0556. The number of benzene rings is 3. The highest BCUT2D eigenvalue weighted by Gasteiger charge is 2.16. The molecular formula is C21H13Cl2NO4S. The Hall–Kier alpha value is -2.98. The second kappa shape index (κ2) is 8.58. The number of carboxylic acids is 1. The minimum Gasteiger partial charge on any atom is -0.478 e. The van der Waals surface area contributed by atoms with Crippen LogP contribution < -0.4 is 4.72 Å². The molecule has 0 fully saturated rings. The molecule has 0 aliphatic rings. The molecule has 0 heterocycles. The number of carbonyl (C=O) groups is 1. The number of anilines is 1. The van der Waals surface area contributed by atoms with Crippen molar-refractivity contribution < 1.29 is 18.3 Å². The van der Waals surface area contributed by atoms with Gasteiger partial charge in [0, 0.05) is 15.6 Å². The van der Waals surface area contributed by atoms with E-state index >= 15 is 0 Å². The van der Waals surface area contributed by atoms with Crippen molar-refractivity contribution in [2.75, 3.05) is 4.72 Å². The summed E-state index contributed by atoms with van der Waals surface area (Å²) in [6.07, 6.45) is 0. The molecule has 0 unspecified atom stereocenters. The molecule has 0 spiro atoms. The molecule has 3 rings (SSSR count). The number of carboxylic acid groups (broad SMARTS) is 1. The van der Waals surface area contributed by atoms with E-state index in [1.165, 1.54) is 42.5 Å². The first-order chi connectivity index (χ1) is 13.7. The van der Waals surface area contributed by atoms with Gasteiger partial charge in [-0.2, -0.15) is 0 Å². The van der Waals surface area contributed by atoms with Crippen LogP contribution in [-0.4, -0.2) is 19.5 Å². The second-order valence-corrected chi connectivity index (χ2v) is 8.44. The first kappa shape index (κ1) is 20.7. The molecule has 3 aromatic rings. The van der Waals surface area contributed by atoms with E-state index in [9.17, 15) is 13.2 Å². The van der Waals surface area contributed by atoms with Gasteiger partial charge >= 0.3 is 5.97 Å². The van der Waals surface area contributed by atoms with Crippen LogP contribution >= 0.6 is 23.2 Å².